The third-order valence-electron chi connectivity index (χ3n) is 6.52. The van der Waals surface area contributed by atoms with Gasteiger partial charge in [0.25, 0.3) is 5.91 Å². The van der Waals surface area contributed by atoms with Crippen molar-refractivity contribution >= 4 is 29.9 Å². The first-order chi connectivity index (χ1) is 19.7. The van der Waals surface area contributed by atoms with Crippen LogP contribution in [0.1, 0.15) is 34.6 Å². The lowest BCUT2D eigenvalue weighted by Crippen LogP contribution is -2.53. The minimum absolute atomic E-state index is 0.0239. The molecule has 0 fully saturated rings. The Bertz CT molecular complexity index is 1410. The maximum absolute atomic E-state index is 12.5. The van der Waals surface area contributed by atoms with Crippen LogP contribution in [0, 0.1) is 0 Å². The number of rotatable bonds is 10. The number of primary amides is 1. The third-order valence-corrected chi connectivity index (χ3v) is 6.52. The molecule has 4 rings (SSSR count). The second-order valence-corrected chi connectivity index (χ2v) is 9.38. The smallest absolute Gasteiger partial charge is 0.407 e. The molecule has 1 aliphatic carbocycles. The predicted molar refractivity (Wildman–Crippen MR) is 147 cm³/mol. The fraction of sp³-hybridized carbons (Fsp3) is 0.207. The van der Waals surface area contributed by atoms with Gasteiger partial charge in [0.2, 0.25) is 11.8 Å². The van der Waals surface area contributed by atoms with E-state index in [4.69, 9.17) is 15.6 Å². The zero-order valence-electron chi connectivity index (χ0n) is 21.9. The Hall–Kier alpha value is -5.39. The van der Waals surface area contributed by atoms with Gasteiger partial charge in [-0.2, -0.15) is 0 Å². The first-order valence-corrected chi connectivity index (χ1v) is 12.7. The molecule has 0 heterocycles. The number of alkyl carbamates (subject to hydrolysis) is 1. The summed E-state index contributed by atoms with van der Waals surface area (Å²) >= 11 is 0. The molecular formula is C29H29N5O7. The van der Waals surface area contributed by atoms with Crippen molar-refractivity contribution < 1.29 is 33.8 Å². The summed E-state index contributed by atoms with van der Waals surface area (Å²) in [5.41, 5.74) is 14.9. The van der Waals surface area contributed by atoms with Gasteiger partial charge in [-0.25, -0.2) is 9.59 Å². The monoisotopic (exact) mass is 559 g/mol. The van der Waals surface area contributed by atoms with Crippen molar-refractivity contribution in [1.82, 2.24) is 21.5 Å². The van der Waals surface area contributed by atoms with Crippen molar-refractivity contribution in [1.29, 1.82) is 0 Å². The summed E-state index contributed by atoms with van der Waals surface area (Å²) in [6.45, 7) is 0.391. The molecule has 0 radical (unpaired) electrons. The molecule has 5 amide bonds. The minimum atomic E-state index is -1.43. The second-order valence-electron chi connectivity index (χ2n) is 9.38. The molecule has 0 aromatic heterocycles. The van der Waals surface area contributed by atoms with Crippen LogP contribution in [0.2, 0.25) is 0 Å². The Morgan fingerprint density at radius 3 is 2.00 bits per heavy atom. The number of nitrogens with two attached hydrogens (primary N) is 1. The number of hydrogen-bond donors (Lipinski definition) is 6. The van der Waals surface area contributed by atoms with Crippen molar-refractivity contribution in [3.63, 3.8) is 0 Å². The van der Waals surface area contributed by atoms with Gasteiger partial charge in [0.05, 0.1) is 0 Å². The molecule has 1 aliphatic rings. The lowest BCUT2D eigenvalue weighted by Gasteiger charge is -2.17. The Morgan fingerprint density at radius 1 is 0.829 bits per heavy atom. The molecule has 7 N–H and O–H groups in total. The molecule has 0 saturated carbocycles. The molecular weight excluding hydrogens is 530 g/mol. The predicted octanol–water partition coefficient (Wildman–Crippen LogP) is 1.93. The highest BCUT2D eigenvalue weighted by atomic mass is 16.5. The number of carbonyl (C=O) groups excluding carboxylic acids is 4. The van der Waals surface area contributed by atoms with Gasteiger partial charge < -0.3 is 26.2 Å². The average Bonchev–Trinajstić information content (AvgIpc) is 3.27. The standard InChI is InChI=1S/C29H29N5O7/c30-25(35)14-26(36)33-34-27(37)24(32-28(38)39)13-17-9-11-18(12-10-17)15-31-29(40)41-16-23-21-7-3-1-5-19(21)20-6-2-4-8-22(20)23/h1-12,23-24,32H,13-16H2,(H2,30,35)(H,31,40)(H,33,36)(H,34,37)(H,38,39). The fourth-order valence-corrected chi connectivity index (χ4v) is 4.63. The number of fused-ring (bicyclic) bond motifs is 3. The highest BCUT2D eigenvalue weighted by molar-refractivity contribution is 5.97. The van der Waals surface area contributed by atoms with Crippen LogP contribution in [0.4, 0.5) is 9.59 Å². The van der Waals surface area contributed by atoms with Crippen LogP contribution in [-0.4, -0.2) is 47.7 Å². The van der Waals surface area contributed by atoms with E-state index in [1.807, 2.05) is 41.8 Å². The number of ether oxygens (including phenoxy) is 1. The first kappa shape index (κ1) is 28.6. The van der Waals surface area contributed by atoms with Gasteiger partial charge in [0.15, 0.2) is 0 Å². The number of carbonyl (C=O) groups is 5. The molecule has 3 aromatic rings. The highest BCUT2D eigenvalue weighted by Crippen LogP contribution is 2.44. The Kier molecular flexibility index (Phi) is 9.15. The highest BCUT2D eigenvalue weighted by Gasteiger charge is 2.29. The molecule has 3 aromatic carbocycles. The van der Waals surface area contributed by atoms with Crippen LogP contribution in [0.5, 0.6) is 0 Å². The van der Waals surface area contributed by atoms with E-state index in [0.717, 1.165) is 27.8 Å². The van der Waals surface area contributed by atoms with E-state index in [1.54, 1.807) is 24.3 Å². The fourth-order valence-electron chi connectivity index (χ4n) is 4.63. The molecule has 0 saturated heterocycles. The van der Waals surface area contributed by atoms with Crippen molar-refractivity contribution in [2.24, 2.45) is 5.73 Å². The molecule has 0 aliphatic heterocycles. The largest absolute Gasteiger partial charge is 0.465 e. The lowest BCUT2D eigenvalue weighted by molar-refractivity contribution is -0.132. The number of hydrazine groups is 1. The van der Waals surface area contributed by atoms with E-state index in [1.165, 1.54) is 0 Å². The topological polar surface area (TPSA) is 189 Å². The quantitative estimate of drug-likeness (QED) is 0.162. The molecule has 0 spiro atoms. The van der Waals surface area contributed by atoms with E-state index < -0.39 is 42.4 Å². The minimum Gasteiger partial charge on any atom is -0.465 e. The summed E-state index contributed by atoms with van der Waals surface area (Å²) in [6.07, 6.45) is -2.65. The molecule has 1 atom stereocenters. The Morgan fingerprint density at radius 2 is 1.41 bits per heavy atom. The van der Waals surface area contributed by atoms with Gasteiger partial charge in [0.1, 0.15) is 19.1 Å². The maximum atomic E-state index is 12.5. The average molecular weight is 560 g/mol. The van der Waals surface area contributed by atoms with E-state index in [0.29, 0.717) is 5.56 Å². The van der Waals surface area contributed by atoms with Crippen molar-refractivity contribution in [3.05, 3.63) is 95.1 Å². The van der Waals surface area contributed by atoms with Crippen LogP contribution in [0.15, 0.2) is 72.8 Å². The summed E-state index contributed by atoms with van der Waals surface area (Å²) in [5.74, 6) is -2.60. The SMILES string of the molecule is NC(=O)CC(=O)NNC(=O)C(Cc1ccc(CNC(=O)OCC2c3ccccc3-c3ccccc32)cc1)NC(=O)O. The summed E-state index contributed by atoms with van der Waals surface area (Å²) in [5, 5.41) is 13.9. The van der Waals surface area contributed by atoms with E-state index in [-0.39, 0.29) is 25.5 Å². The van der Waals surface area contributed by atoms with Crippen LogP contribution in [0.25, 0.3) is 11.1 Å². The van der Waals surface area contributed by atoms with Crippen LogP contribution in [-0.2, 0) is 32.1 Å². The summed E-state index contributed by atoms with van der Waals surface area (Å²) in [6, 6.07) is 21.7. The van der Waals surface area contributed by atoms with Crippen LogP contribution < -0.4 is 27.2 Å². The van der Waals surface area contributed by atoms with Gasteiger partial charge >= 0.3 is 12.2 Å². The first-order valence-electron chi connectivity index (χ1n) is 12.7. The normalized spacial score (nSPS) is 12.3. The summed E-state index contributed by atoms with van der Waals surface area (Å²) < 4.78 is 5.55. The van der Waals surface area contributed by atoms with Gasteiger partial charge in [-0.05, 0) is 33.4 Å². The number of nitrogens with one attached hydrogen (secondary N) is 4. The molecule has 41 heavy (non-hydrogen) atoms. The van der Waals surface area contributed by atoms with Crippen LogP contribution >= 0.6 is 0 Å². The summed E-state index contributed by atoms with van der Waals surface area (Å²) in [4.78, 5) is 58.3. The van der Waals surface area contributed by atoms with Crippen molar-refractivity contribution in [2.45, 2.75) is 31.3 Å². The van der Waals surface area contributed by atoms with E-state index in [9.17, 15) is 24.0 Å². The molecule has 0 bridgehead atoms. The number of amides is 5. The molecule has 1 unspecified atom stereocenters. The molecule has 12 heteroatoms. The van der Waals surface area contributed by atoms with Gasteiger partial charge in [-0.3, -0.25) is 25.2 Å². The lowest BCUT2D eigenvalue weighted by atomic mass is 9.98. The number of carboxylic acid groups (broad SMARTS) is 1. The Labute approximate surface area is 235 Å². The zero-order valence-corrected chi connectivity index (χ0v) is 21.9. The Balaban J connectivity index is 1.27. The third kappa shape index (κ3) is 7.60. The van der Waals surface area contributed by atoms with E-state index >= 15 is 0 Å². The van der Waals surface area contributed by atoms with E-state index in [2.05, 4.69) is 28.2 Å². The molecule has 212 valence electrons. The van der Waals surface area contributed by atoms with Crippen LogP contribution in [0.3, 0.4) is 0 Å². The summed E-state index contributed by atoms with van der Waals surface area (Å²) in [7, 11) is 0. The van der Waals surface area contributed by atoms with Gasteiger partial charge in [-0.1, -0.05) is 72.8 Å². The van der Waals surface area contributed by atoms with Crippen molar-refractivity contribution in [3.8, 4) is 11.1 Å². The maximum Gasteiger partial charge on any atom is 0.407 e. The van der Waals surface area contributed by atoms with Crippen molar-refractivity contribution in [2.75, 3.05) is 6.61 Å². The van der Waals surface area contributed by atoms with Gasteiger partial charge in [-0.15, -0.1) is 0 Å². The second kappa shape index (κ2) is 13.1. The number of benzene rings is 3. The van der Waals surface area contributed by atoms with Gasteiger partial charge in [0, 0.05) is 18.9 Å². The zero-order chi connectivity index (χ0) is 29.4. The number of hydrogen-bond acceptors (Lipinski definition) is 6. The molecule has 12 nitrogen and oxygen atoms in total.